The maximum atomic E-state index is 13.3. The molecule has 1 aliphatic rings. The van der Waals surface area contributed by atoms with E-state index in [4.69, 9.17) is 0 Å². The van der Waals surface area contributed by atoms with Gasteiger partial charge in [0.05, 0.1) is 11.1 Å². The smallest absolute Gasteiger partial charge is 0.354 e. The van der Waals surface area contributed by atoms with Crippen molar-refractivity contribution in [2.45, 2.75) is 46.0 Å². The van der Waals surface area contributed by atoms with Crippen molar-refractivity contribution in [2.24, 2.45) is 0 Å². The highest BCUT2D eigenvalue weighted by molar-refractivity contribution is 5.94. The molecule has 11 heteroatoms. The zero-order chi connectivity index (χ0) is 28.5. The maximum Gasteiger partial charge on any atom is 0.416 e. The van der Waals surface area contributed by atoms with Gasteiger partial charge in [-0.3, -0.25) is 4.79 Å². The zero-order valence-electron chi connectivity index (χ0n) is 21.7. The van der Waals surface area contributed by atoms with Gasteiger partial charge in [0.25, 0.3) is 5.91 Å². The van der Waals surface area contributed by atoms with Crippen molar-refractivity contribution < 1.29 is 31.1 Å². The molecule has 1 aliphatic heterocycles. The highest BCUT2D eigenvalue weighted by Crippen LogP contribution is 2.36. The molecule has 0 atom stereocenters. The van der Waals surface area contributed by atoms with Gasteiger partial charge in [-0.1, -0.05) is 29.8 Å². The molecule has 0 aliphatic carbocycles. The third-order valence-corrected chi connectivity index (χ3v) is 6.72. The number of rotatable bonds is 4. The lowest BCUT2D eigenvalue weighted by Gasteiger charge is -2.26. The number of aryl methyl sites for hydroxylation is 3. The molecule has 5 nitrogen and oxygen atoms in total. The molecule has 0 saturated carbocycles. The molecule has 39 heavy (non-hydrogen) atoms. The second-order valence-corrected chi connectivity index (χ2v) is 9.75. The summed E-state index contributed by atoms with van der Waals surface area (Å²) in [5, 5.41) is 0. The van der Waals surface area contributed by atoms with E-state index in [1.807, 2.05) is 43.0 Å². The summed E-state index contributed by atoms with van der Waals surface area (Å²) < 4.78 is 79.9. The van der Waals surface area contributed by atoms with Crippen molar-refractivity contribution in [2.75, 3.05) is 31.1 Å². The molecule has 4 rings (SSSR count). The molecule has 0 bridgehead atoms. The van der Waals surface area contributed by atoms with E-state index < -0.39 is 35.0 Å². The molecule has 2 heterocycles. The maximum absolute atomic E-state index is 13.3. The molecule has 1 aromatic heterocycles. The Morgan fingerprint density at radius 1 is 0.821 bits per heavy atom. The summed E-state index contributed by atoms with van der Waals surface area (Å²) in [6, 6.07) is 9.10. The summed E-state index contributed by atoms with van der Waals surface area (Å²) in [5.41, 5.74) is 0.301. The van der Waals surface area contributed by atoms with E-state index in [-0.39, 0.29) is 19.2 Å². The molecule has 1 fully saturated rings. The Balaban J connectivity index is 1.59. The molecule has 0 radical (unpaired) electrons. The third-order valence-electron chi connectivity index (χ3n) is 6.72. The summed E-state index contributed by atoms with van der Waals surface area (Å²) >= 11 is 0. The van der Waals surface area contributed by atoms with Crippen molar-refractivity contribution in [3.05, 3.63) is 87.4 Å². The Morgan fingerprint density at radius 3 is 2.03 bits per heavy atom. The van der Waals surface area contributed by atoms with E-state index in [2.05, 4.69) is 9.97 Å². The average Bonchev–Trinajstić information content (AvgIpc) is 3.11. The van der Waals surface area contributed by atoms with Crippen molar-refractivity contribution >= 4 is 11.7 Å². The molecule has 208 valence electrons. The fourth-order valence-electron chi connectivity index (χ4n) is 4.69. The van der Waals surface area contributed by atoms with Crippen LogP contribution in [-0.2, 0) is 18.8 Å². The van der Waals surface area contributed by atoms with Gasteiger partial charge in [0.15, 0.2) is 0 Å². The van der Waals surface area contributed by atoms with Crippen LogP contribution in [0.4, 0.5) is 32.2 Å². The predicted octanol–water partition coefficient (Wildman–Crippen LogP) is 6.38. The molecule has 0 unspecified atom stereocenters. The first kappa shape index (κ1) is 28.4. The summed E-state index contributed by atoms with van der Waals surface area (Å²) in [6.07, 6.45) is -9.00. The van der Waals surface area contributed by atoms with Crippen LogP contribution < -0.4 is 4.90 Å². The first-order chi connectivity index (χ1) is 18.2. The zero-order valence-corrected chi connectivity index (χ0v) is 21.7. The number of alkyl halides is 6. The van der Waals surface area contributed by atoms with Crippen molar-refractivity contribution in [1.82, 2.24) is 14.9 Å². The quantitative estimate of drug-likeness (QED) is 0.354. The second-order valence-electron chi connectivity index (χ2n) is 9.75. The van der Waals surface area contributed by atoms with Gasteiger partial charge in [0, 0.05) is 49.4 Å². The van der Waals surface area contributed by atoms with Gasteiger partial charge >= 0.3 is 12.4 Å². The fraction of sp³-hybridized carbons (Fsp3) is 0.393. The summed E-state index contributed by atoms with van der Waals surface area (Å²) in [7, 11) is 0. The van der Waals surface area contributed by atoms with Gasteiger partial charge in [-0.05, 0) is 51.0 Å². The molecule has 3 aromatic rings. The lowest BCUT2D eigenvalue weighted by molar-refractivity contribution is -0.143. The largest absolute Gasteiger partial charge is 0.416 e. The van der Waals surface area contributed by atoms with Gasteiger partial charge < -0.3 is 9.80 Å². The van der Waals surface area contributed by atoms with Crippen molar-refractivity contribution in [3.63, 3.8) is 0 Å². The average molecular weight is 551 g/mol. The monoisotopic (exact) mass is 550 g/mol. The normalized spacial score (nSPS) is 14.9. The Hall–Kier alpha value is -3.63. The lowest BCUT2D eigenvalue weighted by Crippen LogP contribution is -2.36. The summed E-state index contributed by atoms with van der Waals surface area (Å²) in [4.78, 5) is 25.7. The van der Waals surface area contributed by atoms with Crippen LogP contribution in [0.2, 0.25) is 0 Å². The van der Waals surface area contributed by atoms with Gasteiger partial charge in [-0.2, -0.15) is 26.3 Å². The standard InChI is InChI=1S/C28H28F6N4O/c1-17-5-7-20(8-6-17)13-24-18(2)35-19(3)36-25(24)37-9-4-10-38(12-11-37)26(39)21-14-22(27(29,30)31)16-23(15-21)28(32,33)34/h5-8,14-16H,4,9-13H2,1-3H3. The van der Waals surface area contributed by atoms with Gasteiger partial charge in [0.2, 0.25) is 0 Å². The van der Waals surface area contributed by atoms with E-state index in [1.54, 1.807) is 6.92 Å². The van der Waals surface area contributed by atoms with Crippen molar-refractivity contribution in [3.8, 4) is 0 Å². The van der Waals surface area contributed by atoms with E-state index in [1.165, 1.54) is 4.90 Å². The minimum Gasteiger partial charge on any atom is -0.354 e. The topological polar surface area (TPSA) is 49.3 Å². The number of carbonyl (C=O) groups excluding carboxylic acids is 1. The number of aromatic nitrogens is 2. The number of halogens is 6. The number of hydrogen-bond acceptors (Lipinski definition) is 4. The summed E-state index contributed by atoms with van der Waals surface area (Å²) in [6.45, 7) is 6.81. The van der Waals surface area contributed by atoms with Crippen LogP contribution in [0.15, 0.2) is 42.5 Å². The number of hydrogen-bond donors (Lipinski definition) is 0. The number of carbonyl (C=O) groups is 1. The SMILES string of the molecule is Cc1ccc(Cc2c(C)nc(C)nc2N2CCCN(C(=O)c3cc(C(F)(F)F)cc(C(F)(F)F)c3)CC2)cc1. The Kier molecular flexibility index (Phi) is 7.90. The lowest BCUT2D eigenvalue weighted by atomic mass is 10.0. The molecule has 1 saturated heterocycles. The molecule has 2 aromatic carbocycles. The van der Waals surface area contributed by atoms with E-state index in [9.17, 15) is 31.1 Å². The van der Waals surface area contributed by atoms with Crippen LogP contribution >= 0.6 is 0 Å². The second kappa shape index (κ2) is 10.9. The Bertz CT molecular complexity index is 1320. The van der Waals surface area contributed by atoms with Crippen LogP contribution in [0.1, 0.15) is 56.1 Å². The van der Waals surface area contributed by atoms with Gasteiger partial charge in [-0.15, -0.1) is 0 Å². The molecular weight excluding hydrogens is 522 g/mol. The fourth-order valence-corrected chi connectivity index (χ4v) is 4.69. The third kappa shape index (κ3) is 6.69. The number of benzene rings is 2. The molecule has 1 amide bonds. The highest BCUT2D eigenvalue weighted by atomic mass is 19.4. The number of anilines is 1. The van der Waals surface area contributed by atoms with Crippen LogP contribution in [0.25, 0.3) is 0 Å². The first-order valence-corrected chi connectivity index (χ1v) is 12.5. The Labute approximate surface area is 222 Å². The van der Waals surface area contributed by atoms with E-state index in [0.717, 1.165) is 22.4 Å². The minimum absolute atomic E-state index is 0.0241. The predicted molar refractivity (Wildman–Crippen MR) is 135 cm³/mol. The Morgan fingerprint density at radius 2 is 1.44 bits per heavy atom. The van der Waals surface area contributed by atoms with Gasteiger partial charge in [0.1, 0.15) is 11.6 Å². The van der Waals surface area contributed by atoms with Crippen molar-refractivity contribution in [1.29, 1.82) is 0 Å². The van der Waals surface area contributed by atoms with Crippen LogP contribution in [0.3, 0.4) is 0 Å². The molecular formula is C28H28F6N4O. The molecule has 0 N–H and O–H groups in total. The van der Waals surface area contributed by atoms with Crippen LogP contribution in [-0.4, -0.2) is 47.0 Å². The number of amides is 1. The van der Waals surface area contributed by atoms with Gasteiger partial charge in [-0.25, -0.2) is 9.97 Å². The molecule has 0 spiro atoms. The van der Waals surface area contributed by atoms with E-state index >= 15 is 0 Å². The highest BCUT2D eigenvalue weighted by Gasteiger charge is 2.38. The van der Waals surface area contributed by atoms with Crippen LogP contribution in [0.5, 0.6) is 0 Å². The van der Waals surface area contributed by atoms with Crippen LogP contribution in [0, 0.1) is 20.8 Å². The summed E-state index contributed by atoms with van der Waals surface area (Å²) in [5.74, 6) is 0.424. The minimum atomic E-state index is -5.03. The van der Waals surface area contributed by atoms with E-state index in [0.29, 0.717) is 49.7 Å². The first-order valence-electron chi connectivity index (χ1n) is 12.5. The number of nitrogens with zero attached hydrogens (tertiary/aromatic N) is 4.